The highest BCUT2D eigenvalue weighted by Gasteiger charge is 2.16. The van der Waals surface area contributed by atoms with Gasteiger partial charge < -0.3 is 10.3 Å². The molecule has 0 saturated heterocycles. The zero-order valence-corrected chi connectivity index (χ0v) is 21.5. The summed E-state index contributed by atoms with van der Waals surface area (Å²) in [5.74, 6) is -0.301. The minimum Gasteiger partial charge on any atom is -0.338 e. The molecule has 39 heavy (non-hydrogen) atoms. The van der Waals surface area contributed by atoms with E-state index in [1.54, 1.807) is 24.8 Å². The number of carbonyl (C=O) groups is 1. The Kier molecular flexibility index (Phi) is 6.32. The van der Waals surface area contributed by atoms with Crippen molar-refractivity contribution in [2.45, 2.75) is 33.1 Å². The van der Waals surface area contributed by atoms with Crippen LogP contribution in [0.15, 0.2) is 67.3 Å². The van der Waals surface area contributed by atoms with Crippen LogP contribution >= 0.6 is 0 Å². The fourth-order valence-corrected chi connectivity index (χ4v) is 4.80. The summed E-state index contributed by atoms with van der Waals surface area (Å²) in [6, 6.07) is 12.8. The van der Waals surface area contributed by atoms with Crippen molar-refractivity contribution in [2.24, 2.45) is 0 Å². The van der Waals surface area contributed by atoms with Crippen LogP contribution in [-0.2, 0) is 4.79 Å². The van der Waals surface area contributed by atoms with Crippen molar-refractivity contribution >= 4 is 33.7 Å². The average Bonchev–Trinajstić information content (AvgIpc) is 3.55. The Bertz CT molecular complexity index is 1820. The molecule has 0 aliphatic rings. The van der Waals surface area contributed by atoms with Crippen LogP contribution in [0.2, 0.25) is 0 Å². The van der Waals surface area contributed by atoms with E-state index in [1.165, 1.54) is 12.1 Å². The molecule has 0 unspecified atom stereocenters. The summed E-state index contributed by atoms with van der Waals surface area (Å²) in [5, 5.41) is 12.1. The number of halogens is 1. The van der Waals surface area contributed by atoms with E-state index in [4.69, 9.17) is 0 Å². The lowest BCUT2D eigenvalue weighted by Gasteiger charge is -2.07. The summed E-state index contributed by atoms with van der Waals surface area (Å²) < 4.78 is 14.2. The van der Waals surface area contributed by atoms with Crippen LogP contribution < -0.4 is 5.32 Å². The summed E-state index contributed by atoms with van der Waals surface area (Å²) in [6.07, 6.45) is 9.11. The lowest BCUT2D eigenvalue weighted by atomic mass is 10.0. The van der Waals surface area contributed by atoms with Gasteiger partial charge in [-0.05, 0) is 66.4 Å². The van der Waals surface area contributed by atoms with Gasteiger partial charge in [-0.2, -0.15) is 5.10 Å². The minimum atomic E-state index is -0.275. The van der Waals surface area contributed by atoms with Crippen LogP contribution in [0.4, 0.5) is 10.1 Å². The van der Waals surface area contributed by atoms with Gasteiger partial charge in [0, 0.05) is 46.9 Å². The van der Waals surface area contributed by atoms with Gasteiger partial charge in [0.2, 0.25) is 5.91 Å². The van der Waals surface area contributed by atoms with E-state index >= 15 is 0 Å². The molecule has 0 spiro atoms. The van der Waals surface area contributed by atoms with Crippen LogP contribution in [0.3, 0.4) is 0 Å². The second-order valence-corrected chi connectivity index (χ2v) is 9.63. The molecule has 6 rings (SSSR count). The van der Waals surface area contributed by atoms with Crippen molar-refractivity contribution in [3.05, 3.63) is 78.6 Å². The maximum Gasteiger partial charge on any atom is 0.224 e. The molecule has 9 heteroatoms. The Morgan fingerprint density at radius 2 is 1.85 bits per heavy atom. The van der Waals surface area contributed by atoms with E-state index in [1.807, 2.05) is 37.3 Å². The summed E-state index contributed by atoms with van der Waals surface area (Å²) in [6.45, 7) is 3.93. The number of H-pyrrole nitrogens is 2. The second kappa shape index (κ2) is 10.1. The number of aromatic amines is 2. The zero-order chi connectivity index (χ0) is 26.9. The van der Waals surface area contributed by atoms with Gasteiger partial charge >= 0.3 is 0 Å². The largest absolute Gasteiger partial charge is 0.338 e. The third-order valence-electron chi connectivity index (χ3n) is 6.68. The number of carbonyl (C=O) groups excluding carboxylic acids is 1. The molecule has 6 aromatic rings. The first kappa shape index (κ1) is 24.4. The first-order valence-corrected chi connectivity index (χ1v) is 12.8. The number of aromatic nitrogens is 6. The Balaban J connectivity index is 1.38. The number of nitrogens with zero attached hydrogens (tertiary/aromatic N) is 4. The van der Waals surface area contributed by atoms with Gasteiger partial charge in [0.05, 0.1) is 23.3 Å². The molecule has 1 amide bonds. The van der Waals surface area contributed by atoms with Gasteiger partial charge in [0.15, 0.2) is 5.65 Å². The fourth-order valence-electron chi connectivity index (χ4n) is 4.80. The van der Waals surface area contributed by atoms with E-state index in [0.29, 0.717) is 23.4 Å². The van der Waals surface area contributed by atoms with Gasteiger partial charge in [-0.3, -0.25) is 14.9 Å². The monoisotopic (exact) mass is 519 g/mol. The number of aryl methyl sites for hydroxylation is 1. The number of fused-ring (bicyclic) bond motifs is 2. The van der Waals surface area contributed by atoms with Gasteiger partial charge in [0.1, 0.15) is 11.5 Å². The van der Waals surface area contributed by atoms with Crippen molar-refractivity contribution in [3.63, 3.8) is 0 Å². The molecule has 0 bridgehead atoms. The Morgan fingerprint density at radius 1 is 0.974 bits per heavy atom. The molecule has 1 aromatic carbocycles. The quantitative estimate of drug-likeness (QED) is 0.215. The standard InChI is InChI=1S/C30H26FN7O/c1-3-4-5-27(39)35-22-11-19(14-32-16-22)20-12-25-28(37-38-30(25)34-15-20)26-13-24-23(6-7-33-29(24)36-26)18-8-17(2)9-21(31)10-18/h6-16H,3-5H2,1-2H3,(H,33,36)(H,35,39)(H,34,37,38). The van der Waals surface area contributed by atoms with Crippen molar-refractivity contribution in [1.82, 2.24) is 30.1 Å². The highest BCUT2D eigenvalue weighted by Crippen LogP contribution is 2.34. The Morgan fingerprint density at radius 3 is 2.69 bits per heavy atom. The fraction of sp³-hybridized carbons (Fsp3) is 0.167. The molecular weight excluding hydrogens is 493 g/mol. The summed E-state index contributed by atoms with van der Waals surface area (Å²) in [5.41, 5.74) is 7.63. The molecule has 0 atom stereocenters. The molecule has 5 aromatic heterocycles. The van der Waals surface area contributed by atoms with Crippen molar-refractivity contribution in [2.75, 3.05) is 5.32 Å². The number of rotatable bonds is 7. The lowest BCUT2D eigenvalue weighted by molar-refractivity contribution is -0.116. The zero-order valence-electron chi connectivity index (χ0n) is 21.5. The van der Waals surface area contributed by atoms with Crippen molar-refractivity contribution in [3.8, 4) is 33.6 Å². The number of benzene rings is 1. The molecule has 3 N–H and O–H groups in total. The first-order chi connectivity index (χ1) is 19.0. The van der Waals surface area contributed by atoms with Crippen LogP contribution in [0.25, 0.3) is 55.7 Å². The number of hydrogen-bond acceptors (Lipinski definition) is 5. The number of pyridine rings is 3. The van der Waals surface area contributed by atoms with Gasteiger partial charge in [-0.1, -0.05) is 19.4 Å². The van der Waals surface area contributed by atoms with Crippen LogP contribution in [-0.4, -0.2) is 36.0 Å². The normalized spacial score (nSPS) is 11.4. The molecule has 0 saturated carbocycles. The summed E-state index contributed by atoms with van der Waals surface area (Å²) >= 11 is 0. The topological polar surface area (TPSA) is 112 Å². The molecule has 194 valence electrons. The highest BCUT2D eigenvalue weighted by molar-refractivity contribution is 6.00. The molecule has 5 heterocycles. The molecular formula is C30H26FN7O. The van der Waals surface area contributed by atoms with Gasteiger partial charge in [-0.25, -0.2) is 14.4 Å². The second-order valence-electron chi connectivity index (χ2n) is 9.63. The SMILES string of the molecule is CCCCC(=O)Nc1cncc(-c2cnc3n[nH]c(-c4cc5c(-c6cc(C)cc(F)c6)ccnc5[nH]4)c3c2)c1. The highest BCUT2D eigenvalue weighted by atomic mass is 19.1. The number of anilines is 1. The summed E-state index contributed by atoms with van der Waals surface area (Å²) in [4.78, 5) is 28.9. The maximum absolute atomic E-state index is 14.2. The molecule has 0 aliphatic heterocycles. The van der Waals surface area contributed by atoms with Crippen molar-refractivity contribution < 1.29 is 9.18 Å². The first-order valence-electron chi connectivity index (χ1n) is 12.8. The molecule has 0 aliphatic carbocycles. The maximum atomic E-state index is 14.2. The van der Waals surface area contributed by atoms with Crippen LogP contribution in [0, 0.1) is 12.7 Å². The van der Waals surface area contributed by atoms with Gasteiger partial charge in [0.25, 0.3) is 0 Å². The van der Waals surface area contributed by atoms with E-state index in [2.05, 4.69) is 42.4 Å². The number of amides is 1. The Labute approximate surface area is 223 Å². The predicted molar refractivity (Wildman–Crippen MR) is 150 cm³/mol. The third-order valence-corrected chi connectivity index (χ3v) is 6.68. The van der Waals surface area contributed by atoms with E-state index in [-0.39, 0.29) is 11.7 Å². The van der Waals surface area contributed by atoms with Crippen LogP contribution in [0.1, 0.15) is 31.7 Å². The average molecular weight is 520 g/mol. The smallest absolute Gasteiger partial charge is 0.224 e. The molecule has 0 radical (unpaired) electrons. The minimum absolute atomic E-state index is 0.0262. The van der Waals surface area contributed by atoms with E-state index < -0.39 is 0 Å². The number of unbranched alkanes of at least 4 members (excludes halogenated alkanes) is 1. The number of hydrogen-bond donors (Lipinski definition) is 3. The van der Waals surface area contributed by atoms with E-state index in [0.717, 1.165) is 62.8 Å². The van der Waals surface area contributed by atoms with Crippen LogP contribution in [0.5, 0.6) is 0 Å². The van der Waals surface area contributed by atoms with Gasteiger partial charge in [-0.15, -0.1) is 0 Å². The molecule has 8 nitrogen and oxygen atoms in total. The van der Waals surface area contributed by atoms with E-state index in [9.17, 15) is 9.18 Å². The Hall–Kier alpha value is -4.92. The summed E-state index contributed by atoms with van der Waals surface area (Å²) in [7, 11) is 0. The molecule has 0 fully saturated rings. The predicted octanol–water partition coefficient (Wildman–Crippen LogP) is 6.81. The van der Waals surface area contributed by atoms with Crippen molar-refractivity contribution in [1.29, 1.82) is 0 Å². The third kappa shape index (κ3) is 4.86. The lowest BCUT2D eigenvalue weighted by Crippen LogP contribution is -2.11. The number of nitrogens with one attached hydrogen (secondary N) is 3.